The zero-order valence-corrected chi connectivity index (χ0v) is 29.7. The molecule has 6 rings (SSSR count). The second kappa shape index (κ2) is 15.1. The summed E-state index contributed by atoms with van der Waals surface area (Å²) in [6.07, 6.45) is 7.94. The van der Waals surface area contributed by atoms with Crippen LogP contribution in [0.1, 0.15) is 45.0 Å². The van der Waals surface area contributed by atoms with Crippen molar-refractivity contribution in [2.45, 2.75) is 51.6 Å². The SMILES string of the molecule is C=CC(=O)Nc1cc(Cc2nccc(-c3cn(C)c4ccccc34)n2)c(OC)cc1OCCN1CCC(N2CCN(C(C)(C)C)CC2)CC1. The highest BCUT2D eigenvalue weighted by atomic mass is 16.5. The Morgan fingerprint density at radius 3 is 2.51 bits per heavy atom. The topological polar surface area (TPSA) is 88.0 Å². The molecular weight excluding hydrogens is 614 g/mol. The molecular formula is C39H51N7O3. The third-order valence-corrected chi connectivity index (χ3v) is 10.1. The van der Waals surface area contributed by atoms with E-state index in [0.717, 1.165) is 73.5 Å². The first-order valence-corrected chi connectivity index (χ1v) is 17.5. The van der Waals surface area contributed by atoms with Crippen molar-refractivity contribution in [1.82, 2.24) is 29.2 Å². The molecule has 0 bridgehead atoms. The van der Waals surface area contributed by atoms with Crippen molar-refractivity contribution in [2.75, 3.05) is 64.8 Å². The van der Waals surface area contributed by atoms with Crippen LogP contribution in [-0.2, 0) is 18.3 Å². The van der Waals surface area contributed by atoms with E-state index in [1.807, 2.05) is 37.4 Å². The fourth-order valence-corrected chi connectivity index (χ4v) is 7.24. The fraction of sp³-hybridized carbons (Fsp3) is 0.462. The normalized spacial score (nSPS) is 16.9. The highest BCUT2D eigenvalue weighted by molar-refractivity contribution is 6.00. The van der Waals surface area contributed by atoms with Crippen LogP contribution < -0.4 is 14.8 Å². The van der Waals surface area contributed by atoms with Gasteiger partial charge in [0.1, 0.15) is 23.9 Å². The number of anilines is 1. The lowest BCUT2D eigenvalue weighted by atomic mass is 10.0. The number of aromatic nitrogens is 3. The van der Waals surface area contributed by atoms with Gasteiger partial charge in [-0.05, 0) is 71.0 Å². The number of piperazine rings is 1. The van der Waals surface area contributed by atoms with Gasteiger partial charge in [0, 0.05) is 98.3 Å². The molecule has 10 heteroatoms. The molecule has 260 valence electrons. The molecule has 2 saturated heterocycles. The number of carbonyl (C=O) groups excluding carboxylic acids is 1. The van der Waals surface area contributed by atoms with Gasteiger partial charge in [-0.1, -0.05) is 24.8 Å². The Morgan fingerprint density at radius 1 is 1.04 bits per heavy atom. The molecule has 2 aromatic carbocycles. The quantitative estimate of drug-likeness (QED) is 0.207. The van der Waals surface area contributed by atoms with Crippen molar-refractivity contribution in [3.63, 3.8) is 0 Å². The van der Waals surface area contributed by atoms with E-state index >= 15 is 0 Å². The number of hydrogen-bond acceptors (Lipinski definition) is 8. The van der Waals surface area contributed by atoms with Gasteiger partial charge in [-0.2, -0.15) is 0 Å². The smallest absolute Gasteiger partial charge is 0.247 e. The average molecular weight is 666 g/mol. The molecule has 0 aliphatic carbocycles. The first-order valence-electron chi connectivity index (χ1n) is 17.5. The van der Waals surface area contributed by atoms with E-state index in [9.17, 15) is 4.79 Å². The molecule has 1 amide bonds. The molecule has 0 spiro atoms. The van der Waals surface area contributed by atoms with Gasteiger partial charge in [-0.25, -0.2) is 9.97 Å². The average Bonchev–Trinajstić information content (AvgIpc) is 3.45. The van der Waals surface area contributed by atoms with Gasteiger partial charge in [0.05, 0.1) is 18.5 Å². The molecule has 0 saturated carbocycles. The fourth-order valence-electron chi connectivity index (χ4n) is 7.24. The second-order valence-electron chi connectivity index (χ2n) is 14.2. The van der Waals surface area contributed by atoms with Gasteiger partial charge >= 0.3 is 0 Å². The number of methoxy groups -OCH3 is 1. The molecule has 0 atom stereocenters. The van der Waals surface area contributed by atoms with Crippen LogP contribution in [0.25, 0.3) is 22.2 Å². The standard InChI is InChI=1S/C39H51N7O3/c1-7-38(47)42-33-24-28(25-37-40-15-12-32(41-37)31-27-43(5)34-11-9-8-10-30(31)34)35(48-6)26-36(33)49-23-22-44-16-13-29(14-17-44)45-18-20-46(21-19-45)39(2,3)4/h7-12,15,24,26-27,29H,1,13-14,16-23,25H2,2-6H3,(H,42,47). The van der Waals surface area contributed by atoms with Crippen molar-refractivity contribution in [1.29, 1.82) is 0 Å². The largest absolute Gasteiger partial charge is 0.496 e. The van der Waals surface area contributed by atoms with Crippen molar-refractivity contribution in [3.05, 3.63) is 78.9 Å². The van der Waals surface area contributed by atoms with Crippen LogP contribution in [0.4, 0.5) is 5.69 Å². The van der Waals surface area contributed by atoms with Crippen LogP contribution >= 0.6 is 0 Å². The van der Waals surface area contributed by atoms with E-state index in [4.69, 9.17) is 14.5 Å². The number of hydrogen-bond donors (Lipinski definition) is 1. The first kappa shape index (κ1) is 34.6. The molecule has 2 fully saturated rings. The van der Waals surface area contributed by atoms with E-state index in [0.29, 0.717) is 42.1 Å². The van der Waals surface area contributed by atoms with Gasteiger partial charge < -0.3 is 19.4 Å². The van der Waals surface area contributed by atoms with Gasteiger partial charge in [-0.15, -0.1) is 0 Å². The highest BCUT2D eigenvalue weighted by Gasteiger charge is 2.31. The molecule has 1 N–H and O–H groups in total. The number of piperidine rings is 1. The minimum Gasteiger partial charge on any atom is -0.496 e. The molecule has 4 heterocycles. The molecule has 4 aromatic rings. The number of nitrogens with one attached hydrogen (secondary N) is 1. The molecule has 0 radical (unpaired) electrons. The minimum atomic E-state index is -0.305. The summed E-state index contributed by atoms with van der Waals surface area (Å²) in [5.74, 6) is 1.56. The third-order valence-electron chi connectivity index (χ3n) is 10.1. The molecule has 0 unspecified atom stereocenters. The van der Waals surface area contributed by atoms with Crippen molar-refractivity contribution < 1.29 is 14.3 Å². The number of likely N-dealkylation sites (tertiary alicyclic amines) is 1. The number of rotatable bonds is 11. The van der Waals surface area contributed by atoms with Crippen LogP contribution in [0.2, 0.25) is 0 Å². The van der Waals surface area contributed by atoms with Gasteiger partial charge in [0.25, 0.3) is 0 Å². The van der Waals surface area contributed by atoms with E-state index < -0.39 is 0 Å². The van der Waals surface area contributed by atoms with Crippen LogP contribution in [0, 0.1) is 0 Å². The maximum absolute atomic E-state index is 12.5. The number of fused-ring (bicyclic) bond motifs is 1. The predicted octanol–water partition coefficient (Wildman–Crippen LogP) is 5.62. The van der Waals surface area contributed by atoms with E-state index in [2.05, 4.69) is 75.2 Å². The Bertz CT molecular complexity index is 1760. The summed E-state index contributed by atoms with van der Waals surface area (Å²) in [6.45, 7) is 18.6. The molecule has 2 aromatic heterocycles. The summed E-state index contributed by atoms with van der Waals surface area (Å²) >= 11 is 0. The van der Waals surface area contributed by atoms with Gasteiger partial charge in [0.15, 0.2) is 0 Å². The van der Waals surface area contributed by atoms with E-state index in [1.54, 1.807) is 13.3 Å². The lowest BCUT2D eigenvalue weighted by molar-refractivity contribution is -0.111. The zero-order valence-electron chi connectivity index (χ0n) is 29.7. The van der Waals surface area contributed by atoms with Crippen molar-refractivity contribution >= 4 is 22.5 Å². The minimum absolute atomic E-state index is 0.243. The van der Waals surface area contributed by atoms with E-state index in [-0.39, 0.29) is 11.4 Å². The maximum atomic E-state index is 12.5. The molecule has 10 nitrogen and oxygen atoms in total. The highest BCUT2D eigenvalue weighted by Crippen LogP contribution is 2.35. The van der Waals surface area contributed by atoms with Crippen LogP contribution in [-0.4, -0.2) is 106 Å². The number of para-hydroxylation sites is 1. The molecule has 2 aliphatic rings. The Labute approximate surface area is 290 Å². The van der Waals surface area contributed by atoms with Gasteiger partial charge in [0.2, 0.25) is 5.91 Å². The summed E-state index contributed by atoms with van der Waals surface area (Å²) < 4.78 is 14.3. The maximum Gasteiger partial charge on any atom is 0.247 e. The summed E-state index contributed by atoms with van der Waals surface area (Å²) in [4.78, 5) is 29.8. The predicted molar refractivity (Wildman–Crippen MR) is 196 cm³/mol. The molecule has 2 aliphatic heterocycles. The van der Waals surface area contributed by atoms with Crippen molar-refractivity contribution in [3.8, 4) is 22.8 Å². The zero-order chi connectivity index (χ0) is 34.5. The van der Waals surface area contributed by atoms with Gasteiger partial charge in [-0.3, -0.25) is 19.5 Å². The lowest BCUT2D eigenvalue weighted by Crippen LogP contribution is -2.57. The Hall–Kier alpha value is -4.25. The van der Waals surface area contributed by atoms with Crippen molar-refractivity contribution in [2.24, 2.45) is 7.05 Å². The third kappa shape index (κ3) is 8.15. The summed E-state index contributed by atoms with van der Waals surface area (Å²) in [5.41, 5.74) is 4.71. The monoisotopic (exact) mass is 665 g/mol. The second-order valence-corrected chi connectivity index (χ2v) is 14.2. The first-order chi connectivity index (χ1) is 23.6. The number of benzene rings is 2. The van der Waals surface area contributed by atoms with Crippen LogP contribution in [0.3, 0.4) is 0 Å². The number of amides is 1. The number of nitrogens with zero attached hydrogens (tertiary/aromatic N) is 6. The number of carbonyl (C=O) groups is 1. The Balaban J connectivity index is 1.10. The Kier molecular flexibility index (Phi) is 10.7. The summed E-state index contributed by atoms with van der Waals surface area (Å²) in [6, 6.07) is 14.6. The van der Waals surface area contributed by atoms with E-state index in [1.165, 1.54) is 18.9 Å². The Morgan fingerprint density at radius 2 is 1.80 bits per heavy atom. The number of aryl methyl sites for hydroxylation is 1. The number of ether oxygens (including phenoxy) is 2. The summed E-state index contributed by atoms with van der Waals surface area (Å²) in [7, 11) is 3.69. The summed E-state index contributed by atoms with van der Waals surface area (Å²) in [5, 5.41) is 4.08. The lowest BCUT2D eigenvalue weighted by Gasteiger charge is -2.46. The van der Waals surface area contributed by atoms with Crippen LogP contribution in [0.15, 0.2) is 67.5 Å². The van der Waals surface area contributed by atoms with Crippen LogP contribution in [0.5, 0.6) is 11.5 Å². The molecule has 49 heavy (non-hydrogen) atoms.